The standard InChI is InChI=1S/C13H19N5O3/c1-5-21-12(19)9-10(11-14-6-7-17(11)4)18(16-15-9)8-13(2,3)20/h6-7,20H,5,8H2,1-4H3. The lowest BCUT2D eigenvalue weighted by Gasteiger charge is -2.18. The molecule has 0 atom stereocenters. The van der Waals surface area contributed by atoms with Crippen LogP contribution in [0.5, 0.6) is 0 Å². The van der Waals surface area contributed by atoms with E-state index in [0.717, 1.165) is 0 Å². The molecule has 0 aliphatic heterocycles. The maximum atomic E-state index is 12.0. The molecule has 114 valence electrons. The molecule has 0 aliphatic rings. The van der Waals surface area contributed by atoms with Crippen molar-refractivity contribution < 1.29 is 14.6 Å². The van der Waals surface area contributed by atoms with Crippen molar-refractivity contribution in [2.24, 2.45) is 7.05 Å². The van der Waals surface area contributed by atoms with Gasteiger partial charge in [-0.1, -0.05) is 5.21 Å². The van der Waals surface area contributed by atoms with Gasteiger partial charge in [-0.15, -0.1) is 5.10 Å². The molecule has 0 saturated carbocycles. The second-order valence-electron chi connectivity index (χ2n) is 5.34. The Bertz CT molecular complexity index is 639. The molecule has 0 fully saturated rings. The highest BCUT2D eigenvalue weighted by molar-refractivity contribution is 5.93. The summed E-state index contributed by atoms with van der Waals surface area (Å²) in [5.74, 6) is -0.0233. The van der Waals surface area contributed by atoms with Gasteiger partial charge >= 0.3 is 5.97 Å². The van der Waals surface area contributed by atoms with Crippen molar-refractivity contribution in [3.63, 3.8) is 0 Å². The molecule has 8 heteroatoms. The van der Waals surface area contributed by atoms with E-state index < -0.39 is 11.6 Å². The average Bonchev–Trinajstić information content (AvgIpc) is 2.93. The summed E-state index contributed by atoms with van der Waals surface area (Å²) in [6.07, 6.45) is 3.37. The number of nitrogens with zero attached hydrogens (tertiary/aromatic N) is 5. The molecule has 1 N–H and O–H groups in total. The van der Waals surface area contributed by atoms with E-state index in [1.807, 2.05) is 0 Å². The normalized spacial score (nSPS) is 11.7. The maximum Gasteiger partial charge on any atom is 0.361 e. The van der Waals surface area contributed by atoms with Crippen molar-refractivity contribution in [2.75, 3.05) is 6.61 Å². The highest BCUT2D eigenvalue weighted by Gasteiger charge is 2.27. The van der Waals surface area contributed by atoms with Crippen molar-refractivity contribution in [3.05, 3.63) is 18.1 Å². The van der Waals surface area contributed by atoms with Crippen LogP contribution < -0.4 is 0 Å². The molecule has 2 rings (SSSR count). The van der Waals surface area contributed by atoms with Gasteiger partial charge in [0.15, 0.2) is 5.82 Å². The van der Waals surface area contributed by atoms with E-state index in [4.69, 9.17) is 4.74 Å². The van der Waals surface area contributed by atoms with Crippen LogP contribution in [-0.4, -0.2) is 47.8 Å². The Morgan fingerprint density at radius 3 is 2.71 bits per heavy atom. The van der Waals surface area contributed by atoms with E-state index in [1.54, 1.807) is 44.8 Å². The van der Waals surface area contributed by atoms with E-state index in [1.165, 1.54) is 4.68 Å². The van der Waals surface area contributed by atoms with E-state index in [9.17, 15) is 9.90 Å². The fourth-order valence-corrected chi connectivity index (χ4v) is 1.94. The predicted molar refractivity (Wildman–Crippen MR) is 74.5 cm³/mol. The van der Waals surface area contributed by atoms with Gasteiger partial charge in [0.25, 0.3) is 0 Å². The number of aliphatic hydroxyl groups is 1. The summed E-state index contributed by atoms with van der Waals surface area (Å²) in [6, 6.07) is 0. The van der Waals surface area contributed by atoms with Crippen LogP contribution in [0.15, 0.2) is 12.4 Å². The number of aryl methyl sites for hydroxylation is 1. The highest BCUT2D eigenvalue weighted by Crippen LogP contribution is 2.22. The maximum absolute atomic E-state index is 12.0. The van der Waals surface area contributed by atoms with Crippen molar-refractivity contribution in [3.8, 4) is 11.5 Å². The van der Waals surface area contributed by atoms with Gasteiger partial charge in [-0.25, -0.2) is 14.5 Å². The second kappa shape index (κ2) is 5.65. The van der Waals surface area contributed by atoms with E-state index >= 15 is 0 Å². The van der Waals surface area contributed by atoms with Crippen LogP contribution in [0, 0.1) is 0 Å². The van der Waals surface area contributed by atoms with Crippen LogP contribution in [0.4, 0.5) is 0 Å². The first kappa shape index (κ1) is 15.2. The molecule has 21 heavy (non-hydrogen) atoms. The Morgan fingerprint density at radius 1 is 1.48 bits per heavy atom. The van der Waals surface area contributed by atoms with Crippen LogP contribution in [0.25, 0.3) is 11.5 Å². The molecule has 0 radical (unpaired) electrons. The third-order valence-electron chi connectivity index (χ3n) is 2.77. The van der Waals surface area contributed by atoms with Gasteiger partial charge in [-0.2, -0.15) is 0 Å². The van der Waals surface area contributed by atoms with E-state index in [0.29, 0.717) is 11.5 Å². The highest BCUT2D eigenvalue weighted by atomic mass is 16.5. The van der Waals surface area contributed by atoms with Crippen LogP contribution in [0.1, 0.15) is 31.3 Å². The van der Waals surface area contributed by atoms with Crippen LogP contribution >= 0.6 is 0 Å². The molecule has 0 bridgehead atoms. The largest absolute Gasteiger partial charge is 0.461 e. The number of hydrogen-bond acceptors (Lipinski definition) is 6. The van der Waals surface area contributed by atoms with Gasteiger partial charge in [-0.3, -0.25) is 0 Å². The monoisotopic (exact) mass is 293 g/mol. The topological polar surface area (TPSA) is 95.1 Å². The summed E-state index contributed by atoms with van der Waals surface area (Å²) in [4.78, 5) is 16.2. The zero-order valence-corrected chi connectivity index (χ0v) is 12.6. The number of carbonyl (C=O) groups excluding carboxylic acids is 1. The fourth-order valence-electron chi connectivity index (χ4n) is 1.94. The van der Waals surface area contributed by atoms with Gasteiger partial charge in [0.05, 0.1) is 18.8 Å². The zero-order valence-electron chi connectivity index (χ0n) is 12.6. The minimum absolute atomic E-state index is 0.0930. The summed E-state index contributed by atoms with van der Waals surface area (Å²) in [6.45, 7) is 5.46. The number of rotatable bonds is 5. The van der Waals surface area contributed by atoms with Crippen LogP contribution in [-0.2, 0) is 18.3 Å². The van der Waals surface area contributed by atoms with Crippen molar-refractivity contribution in [2.45, 2.75) is 32.9 Å². The Hall–Kier alpha value is -2.22. The minimum atomic E-state index is -1.00. The van der Waals surface area contributed by atoms with Gasteiger partial charge in [-0.05, 0) is 20.8 Å². The molecule has 0 spiro atoms. The smallest absolute Gasteiger partial charge is 0.361 e. The van der Waals surface area contributed by atoms with Crippen LogP contribution in [0.2, 0.25) is 0 Å². The molecule has 2 aromatic heterocycles. The van der Waals surface area contributed by atoms with E-state index in [-0.39, 0.29) is 18.8 Å². The number of aromatic nitrogens is 5. The molecule has 0 aromatic carbocycles. The number of hydrogen-bond donors (Lipinski definition) is 1. The first-order valence-corrected chi connectivity index (χ1v) is 6.64. The fraction of sp³-hybridized carbons (Fsp3) is 0.538. The lowest BCUT2D eigenvalue weighted by atomic mass is 10.1. The number of esters is 1. The molecule has 2 aromatic rings. The van der Waals surface area contributed by atoms with Crippen LogP contribution in [0.3, 0.4) is 0 Å². The lowest BCUT2D eigenvalue weighted by Crippen LogP contribution is -2.27. The second-order valence-corrected chi connectivity index (χ2v) is 5.34. The Balaban J connectivity index is 2.53. The molecule has 0 saturated heterocycles. The molecule has 0 unspecified atom stereocenters. The average molecular weight is 293 g/mol. The molecule has 8 nitrogen and oxygen atoms in total. The lowest BCUT2D eigenvalue weighted by molar-refractivity contribution is 0.0516. The van der Waals surface area contributed by atoms with Gasteiger partial charge in [0.2, 0.25) is 5.69 Å². The first-order valence-electron chi connectivity index (χ1n) is 6.64. The summed E-state index contributed by atoms with van der Waals surface area (Å²) >= 11 is 0. The SMILES string of the molecule is CCOC(=O)c1nnn(CC(C)(C)O)c1-c1nccn1C. The third-order valence-corrected chi connectivity index (χ3v) is 2.77. The number of imidazole rings is 1. The zero-order chi connectivity index (χ0) is 15.6. The van der Waals surface area contributed by atoms with Gasteiger partial charge in [0, 0.05) is 19.4 Å². The summed E-state index contributed by atoms with van der Waals surface area (Å²) in [5, 5.41) is 17.8. The van der Waals surface area contributed by atoms with Crippen molar-refractivity contribution in [1.82, 2.24) is 24.5 Å². The van der Waals surface area contributed by atoms with E-state index in [2.05, 4.69) is 15.3 Å². The summed E-state index contributed by atoms with van der Waals surface area (Å²) < 4.78 is 8.21. The number of ether oxygens (including phenoxy) is 1. The van der Waals surface area contributed by atoms with Gasteiger partial charge in [0.1, 0.15) is 5.69 Å². The molecule has 0 aliphatic carbocycles. The predicted octanol–water partition coefficient (Wildman–Crippen LogP) is 0.626. The Labute approximate surface area is 122 Å². The Kier molecular flexibility index (Phi) is 4.08. The summed E-state index contributed by atoms with van der Waals surface area (Å²) in [7, 11) is 1.80. The van der Waals surface area contributed by atoms with Crippen molar-refractivity contribution >= 4 is 5.97 Å². The minimum Gasteiger partial charge on any atom is -0.461 e. The molecular weight excluding hydrogens is 274 g/mol. The molecular formula is C13H19N5O3. The molecule has 2 heterocycles. The summed E-state index contributed by atoms with van der Waals surface area (Å²) in [5.41, 5.74) is -0.474. The Morgan fingerprint density at radius 2 is 2.19 bits per heavy atom. The quantitative estimate of drug-likeness (QED) is 0.812. The number of carbonyl (C=O) groups is 1. The van der Waals surface area contributed by atoms with Crippen molar-refractivity contribution in [1.29, 1.82) is 0 Å². The third kappa shape index (κ3) is 3.27. The molecule has 0 amide bonds. The van der Waals surface area contributed by atoms with Gasteiger partial charge < -0.3 is 14.4 Å². The first-order chi connectivity index (χ1) is 9.83.